The lowest BCUT2D eigenvalue weighted by Crippen LogP contribution is -2.70. The molecule has 2 N–H and O–H groups in total. The monoisotopic (exact) mass is 501 g/mol. The van der Waals surface area contributed by atoms with Crippen LogP contribution in [0.1, 0.15) is 37.7 Å². The van der Waals surface area contributed by atoms with Gasteiger partial charge in [0.25, 0.3) is 5.91 Å². The lowest BCUT2D eigenvalue weighted by atomic mass is 9.46. The number of aliphatic hydroxyl groups is 1. The highest BCUT2D eigenvalue weighted by atomic mass is 19.4. The molecule has 2 saturated carbocycles. The first-order valence-electron chi connectivity index (χ1n) is 12.8. The van der Waals surface area contributed by atoms with Gasteiger partial charge in [-0.1, -0.05) is 54.5 Å². The molecule has 1 aromatic carbocycles. The first-order valence-corrected chi connectivity index (χ1v) is 12.8. The number of rotatable bonds is 3. The molecule has 192 valence electrons. The van der Waals surface area contributed by atoms with Crippen molar-refractivity contribution in [3.8, 4) is 0 Å². The largest absolute Gasteiger partial charge is 0.506 e. The molecular weight excluding hydrogens is 469 g/mol. The summed E-state index contributed by atoms with van der Waals surface area (Å²) in [4.78, 5) is 13.4. The number of amides is 1. The van der Waals surface area contributed by atoms with Crippen LogP contribution in [0.15, 0.2) is 59.7 Å². The van der Waals surface area contributed by atoms with Crippen molar-refractivity contribution in [1.82, 2.24) is 5.32 Å². The minimum absolute atomic E-state index is 0.0651. The molecular formula is C28H32F3N2O3+. The average Bonchev–Trinajstić information content (AvgIpc) is 3.10. The van der Waals surface area contributed by atoms with Crippen molar-refractivity contribution < 1.29 is 32.3 Å². The SMILES string of the molecule is C[N+]1(C)CC[C@]23C4C5=CC=CC4(NC(=O)C(=C(O)c4ccccc4)C(F)(F)F)O[C@H]2CCC[C@H]3[C@H]1C5. The van der Waals surface area contributed by atoms with Crippen LogP contribution in [-0.4, -0.2) is 60.2 Å². The fourth-order valence-corrected chi connectivity index (χ4v) is 8.22. The Morgan fingerprint density at radius 3 is 2.67 bits per heavy atom. The number of aliphatic hydroxyl groups excluding tert-OH is 1. The van der Waals surface area contributed by atoms with Crippen molar-refractivity contribution in [3.63, 3.8) is 0 Å². The number of nitrogens with zero attached hydrogens (tertiary/aromatic N) is 1. The molecule has 2 heterocycles. The second-order valence-electron chi connectivity index (χ2n) is 11.6. The highest BCUT2D eigenvalue weighted by molar-refractivity contribution is 6.01. The van der Waals surface area contributed by atoms with Crippen molar-refractivity contribution in [2.45, 2.75) is 56.2 Å². The Bertz CT molecular complexity index is 1190. The summed E-state index contributed by atoms with van der Waals surface area (Å²) in [5, 5.41) is 13.3. The molecule has 1 aromatic rings. The minimum atomic E-state index is -5.05. The maximum absolute atomic E-state index is 14.2. The molecule has 1 spiro atoms. The van der Waals surface area contributed by atoms with E-state index in [2.05, 4.69) is 25.5 Å². The van der Waals surface area contributed by atoms with Gasteiger partial charge in [0, 0.05) is 35.7 Å². The predicted octanol–water partition coefficient (Wildman–Crippen LogP) is 4.88. The molecule has 2 saturated heterocycles. The number of piperidine rings is 1. The van der Waals surface area contributed by atoms with E-state index in [0.717, 1.165) is 48.7 Å². The molecule has 4 fully saturated rings. The van der Waals surface area contributed by atoms with Gasteiger partial charge in [-0.05, 0) is 18.9 Å². The number of ether oxygens (including phenoxy) is 1. The maximum atomic E-state index is 14.2. The molecule has 0 aromatic heterocycles. The number of allylic oxidation sites excluding steroid dienone is 2. The zero-order valence-electron chi connectivity index (χ0n) is 20.5. The molecule has 5 aliphatic rings. The molecule has 6 rings (SSSR count). The second-order valence-corrected chi connectivity index (χ2v) is 11.6. The summed E-state index contributed by atoms with van der Waals surface area (Å²) in [7, 11) is 4.55. The number of nitrogens with one attached hydrogen (secondary N) is 1. The van der Waals surface area contributed by atoms with E-state index in [-0.39, 0.29) is 23.0 Å². The zero-order valence-corrected chi connectivity index (χ0v) is 20.5. The van der Waals surface area contributed by atoms with Crippen LogP contribution in [-0.2, 0) is 9.53 Å². The standard InChI is InChI=1S/C28H31F3N2O3/c1-33(2)15-14-26-19-11-6-12-21(26)36-27(13-7-10-18(24(26)27)16-20(19)33)32-25(35)22(28(29,30)31)23(34)17-8-4-3-5-9-17/h3-5,7-10,13,19-21,24H,6,11-12,14-16H2,1-2H3,(H-,32,34,35)/p+1/t19-,20+,21-,24?,26+,27?/m0/s1. The maximum Gasteiger partial charge on any atom is 0.425 e. The quantitative estimate of drug-likeness (QED) is 0.353. The van der Waals surface area contributed by atoms with E-state index in [1.165, 1.54) is 24.3 Å². The summed E-state index contributed by atoms with van der Waals surface area (Å²) in [5.74, 6) is -2.27. The average molecular weight is 502 g/mol. The molecule has 6 atom stereocenters. The smallest absolute Gasteiger partial charge is 0.425 e. The van der Waals surface area contributed by atoms with E-state index in [0.29, 0.717) is 12.0 Å². The van der Waals surface area contributed by atoms with Crippen LogP contribution in [0, 0.1) is 17.3 Å². The number of halogens is 3. The molecule has 3 aliphatic carbocycles. The summed E-state index contributed by atoms with van der Waals surface area (Å²) < 4.78 is 50.1. The highest BCUT2D eigenvalue weighted by Crippen LogP contribution is 2.69. The molecule has 2 bridgehead atoms. The van der Waals surface area contributed by atoms with Crippen LogP contribution in [0.5, 0.6) is 0 Å². The van der Waals surface area contributed by atoms with Crippen LogP contribution in [0.25, 0.3) is 5.76 Å². The van der Waals surface area contributed by atoms with Crippen molar-refractivity contribution in [3.05, 3.63) is 65.3 Å². The molecule has 5 nitrogen and oxygen atoms in total. The number of quaternary nitrogens is 1. The van der Waals surface area contributed by atoms with Gasteiger partial charge < -0.3 is 19.6 Å². The number of benzene rings is 1. The van der Waals surface area contributed by atoms with Crippen molar-refractivity contribution in [1.29, 1.82) is 0 Å². The summed E-state index contributed by atoms with van der Waals surface area (Å²) in [6.07, 6.45) is 5.12. The number of hydrogen-bond donors (Lipinski definition) is 2. The number of alkyl halides is 3. The van der Waals surface area contributed by atoms with Crippen LogP contribution in [0.3, 0.4) is 0 Å². The van der Waals surface area contributed by atoms with Gasteiger partial charge in [-0.2, -0.15) is 13.2 Å². The van der Waals surface area contributed by atoms with Gasteiger partial charge >= 0.3 is 6.18 Å². The summed E-state index contributed by atoms with van der Waals surface area (Å²) in [5.41, 5.74) is -2.08. The molecule has 1 amide bonds. The summed E-state index contributed by atoms with van der Waals surface area (Å²) in [6.45, 7) is 0.973. The number of carbonyl (C=O) groups excluding carboxylic acids is 1. The van der Waals surface area contributed by atoms with Crippen LogP contribution in [0.4, 0.5) is 13.2 Å². The van der Waals surface area contributed by atoms with E-state index in [1.807, 2.05) is 6.08 Å². The van der Waals surface area contributed by atoms with Gasteiger partial charge in [-0.25, -0.2) is 0 Å². The second kappa shape index (κ2) is 7.71. The number of hydrogen-bond acceptors (Lipinski definition) is 3. The lowest BCUT2D eigenvalue weighted by molar-refractivity contribution is -0.929. The number of likely N-dealkylation sites (tertiary alicyclic amines) is 1. The van der Waals surface area contributed by atoms with E-state index < -0.39 is 29.1 Å². The fraction of sp³-hybridized carbons (Fsp3) is 0.536. The topological polar surface area (TPSA) is 58.6 Å². The lowest BCUT2D eigenvalue weighted by Gasteiger charge is -2.63. The third-order valence-corrected chi connectivity index (χ3v) is 9.63. The Labute approximate surface area is 208 Å². The van der Waals surface area contributed by atoms with E-state index in [9.17, 15) is 23.1 Å². The molecule has 2 unspecified atom stereocenters. The van der Waals surface area contributed by atoms with Gasteiger partial charge in [-0.15, -0.1) is 0 Å². The van der Waals surface area contributed by atoms with Crippen LogP contribution in [0.2, 0.25) is 0 Å². The van der Waals surface area contributed by atoms with E-state index >= 15 is 0 Å². The third-order valence-electron chi connectivity index (χ3n) is 9.63. The minimum Gasteiger partial charge on any atom is -0.506 e. The first kappa shape index (κ1) is 23.8. The van der Waals surface area contributed by atoms with Crippen molar-refractivity contribution >= 4 is 11.7 Å². The molecule has 8 heteroatoms. The summed E-state index contributed by atoms with van der Waals surface area (Å²) in [6, 6.07) is 7.79. The Morgan fingerprint density at radius 1 is 1.19 bits per heavy atom. The van der Waals surface area contributed by atoms with Gasteiger partial charge in [-0.3, -0.25) is 4.79 Å². The van der Waals surface area contributed by atoms with Gasteiger partial charge in [0.2, 0.25) is 0 Å². The van der Waals surface area contributed by atoms with Crippen LogP contribution < -0.4 is 5.32 Å². The van der Waals surface area contributed by atoms with E-state index in [1.54, 1.807) is 12.1 Å². The molecule has 36 heavy (non-hydrogen) atoms. The van der Waals surface area contributed by atoms with Gasteiger partial charge in [0.15, 0.2) is 11.3 Å². The number of carbonyl (C=O) groups is 1. The first-order chi connectivity index (χ1) is 17.0. The Kier molecular flexibility index (Phi) is 5.10. The highest BCUT2D eigenvalue weighted by Gasteiger charge is 2.74. The van der Waals surface area contributed by atoms with Gasteiger partial charge in [0.05, 0.1) is 32.8 Å². The van der Waals surface area contributed by atoms with E-state index in [4.69, 9.17) is 4.74 Å². The van der Waals surface area contributed by atoms with Crippen LogP contribution >= 0.6 is 0 Å². The molecule has 0 radical (unpaired) electrons. The van der Waals surface area contributed by atoms with Crippen molar-refractivity contribution in [2.24, 2.45) is 17.3 Å². The van der Waals surface area contributed by atoms with Gasteiger partial charge in [0.1, 0.15) is 5.76 Å². The molecule has 2 aliphatic heterocycles. The normalized spacial score (nSPS) is 38.5. The Balaban J connectivity index is 1.43. The third kappa shape index (κ3) is 3.19. The zero-order chi connectivity index (χ0) is 25.5. The Hall–Kier alpha value is -2.58. The fourth-order valence-electron chi connectivity index (χ4n) is 8.22. The van der Waals surface area contributed by atoms with Crippen molar-refractivity contribution in [2.75, 3.05) is 20.6 Å². The summed E-state index contributed by atoms with van der Waals surface area (Å²) >= 11 is 0. The Morgan fingerprint density at radius 2 is 1.94 bits per heavy atom. The predicted molar refractivity (Wildman–Crippen MR) is 128 cm³/mol.